The molecular weight excluding hydrogens is 330 g/mol. The highest BCUT2D eigenvalue weighted by Crippen LogP contribution is 2.26. The number of benzene rings is 2. The zero-order chi connectivity index (χ0) is 18.4. The fraction of sp³-hybridized carbons (Fsp3) is 0.0625. The van der Waals surface area contributed by atoms with E-state index in [1.165, 1.54) is 0 Å². The van der Waals surface area contributed by atoms with Crippen molar-refractivity contribution in [2.75, 3.05) is 11.9 Å². The molecular formula is C16H13N3O6. The van der Waals surface area contributed by atoms with Crippen LogP contribution in [0.3, 0.4) is 0 Å². The van der Waals surface area contributed by atoms with Gasteiger partial charge in [0.25, 0.3) is 17.3 Å². The van der Waals surface area contributed by atoms with Crippen molar-refractivity contribution < 1.29 is 19.4 Å². The largest absolute Gasteiger partial charge is 0.489 e. The zero-order valence-electron chi connectivity index (χ0n) is 12.9. The van der Waals surface area contributed by atoms with Gasteiger partial charge in [-0.3, -0.25) is 25.0 Å². The molecule has 9 nitrogen and oxygen atoms in total. The van der Waals surface area contributed by atoms with E-state index in [1.807, 2.05) is 0 Å². The van der Waals surface area contributed by atoms with Crippen LogP contribution in [-0.4, -0.2) is 22.4 Å². The van der Waals surface area contributed by atoms with Crippen molar-refractivity contribution in [3.8, 4) is 5.75 Å². The Morgan fingerprint density at radius 1 is 1.16 bits per heavy atom. The number of nitrogens with one attached hydrogen (secondary N) is 1. The molecule has 1 N–H and O–H groups in total. The molecule has 128 valence electrons. The molecule has 0 heterocycles. The third kappa shape index (κ3) is 4.38. The number of nitro groups is 2. The molecule has 2 rings (SSSR count). The quantitative estimate of drug-likeness (QED) is 0.467. The summed E-state index contributed by atoms with van der Waals surface area (Å²) >= 11 is 0. The Labute approximate surface area is 141 Å². The fourth-order valence-electron chi connectivity index (χ4n) is 1.99. The summed E-state index contributed by atoms with van der Waals surface area (Å²) in [5.74, 6) is -0.279. The molecule has 0 radical (unpaired) electrons. The highest BCUT2D eigenvalue weighted by Gasteiger charge is 2.24. The van der Waals surface area contributed by atoms with Gasteiger partial charge in [0.1, 0.15) is 17.9 Å². The minimum atomic E-state index is -0.842. The molecule has 1 amide bonds. The average Bonchev–Trinajstić information content (AvgIpc) is 2.59. The number of non-ortho nitro benzene ring substituents is 1. The number of ether oxygens (including phenoxy) is 1. The van der Waals surface area contributed by atoms with E-state index in [2.05, 4.69) is 11.9 Å². The second-order valence-electron chi connectivity index (χ2n) is 4.80. The lowest BCUT2D eigenvalue weighted by molar-refractivity contribution is -0.394. The SMILES string of the molecule is C=CCOc1cccc(NC(=O)c2ccc([N+](=O)[O-])cc2[N+](=O)[O-])c1. The molecule has 2 aromatic rings. The maximum Gasteiger partial charge on any atom is 0.289 e. The first kappa shape index (κ1) is 17.6. The highest BCUT2D eigenvalue weighted by molar-refractivity contribution is 6.07. The first-order valence-corrected chi connectivity index (χ1v) is 7.00. The Morgan fingerprint density at radius 2 is 1.92 bits per heavy atom. The summed E-state index contributed by atoms with van der Waals surface area (Å²) in [6.45, 7) is 3.81. The van der Waals surface area contributed by atoms with E-state index >= 15 is 0 Å². The number of nitro benzene ring substituents is 2. The normalized spacial score (nSPS) is 9.92. The Hall–Kier alpha value is -3.75. The lowest BCUT2D eigenvalue weighted by atomic mass is 10.1. The van der Waals surface area contributed by atoms with Crippen LogP contribution in [0, 0.1) is 20.2 Å². The van der Waals surface area contributed by atoms with Crippen LogP contribution in [0.5, 0.6) is 5.75 Å². The van der Waals surface area contributed by atoms with E-state index in [-0.39, 0.29) is 12.2 Å². The smallest absolute Gasteiger partial charge is 0.289 e. The van der Waals surface area contributed by atoms with E-state index in [0.717, 1.165) is 18.2 Å². The monoisotopic (exact) mass is 343 g/mol. The molecule has 0 fully saturated rings. The summed E-state index contributed by atoms with van der Waals surface area (Å²) in [6, 6.07) is 9.26. The Balaban J connectivity index is 2.27. The van der Waals surface area contributed by atoms with Crippen molar-refractivity contribution in [3.05, 3.63) is 80.9 Å². The number of rotatable bonds is 7. The topological polar surface area (TPSA) is 125 Å². The van der Waals surface area contributed by atoms with Gasteiger partial charge in [-0.2, -0.15) is 0 Å². The van der Waals surface area contributed by atoms with Crippen LogP contribution in [0.15, 0.2) is 55.1 Å². The Kier molecular flexibility index (Phi) is 5.41. The average molecular weight is 343 g/mol. The van der Waals surface area contributed by atoms with Gasteiger partial charge < -0.3 is 10.1 Å². The Bertz CT molecular complexity index is 850. The second-order valence-corrected chi connectivity index (χ2v) is 4.80. The third-order valence-corrected chi connectivity index (χ3v) is 3.09. The molecule has 0 bridgehead atoms. The van der Waals surface area contributed by atoms with Gasteiger partial charge in [0, 0.05) is 17.8 Å². The van der Waals surface area contributed by atoms with Crippen LogP contribution in [0.1, 0.15) is 10.4 Å². The molecule has 0 aromatic heterocycles. The van der Waals surface area contributed by atoms with Gasteiger partial charge in [0.15, 0.2) is 0 Å². The van der Waals surface area contributed by atoms with Crippen molar-refractivity contribution in [1.29, 1.82) is 0 Å². The first-order valence-electron chi connectivity index (χ1n) is 7.00. The predicted octanol–water partition coefficient (Wildman–Crippen LogP) is 3.32. The lowest BCUT2D eigenvalue weighted by Gasteiger charge is -2.08. The van der Waals surface area contributed by atoms with Gasteiger partial charge in [-0.05, 0) is 18.2 Å². The number of hydrogen-bond donors (Lipinski definition) is 1. The summed E-state index contributed by atoms with van der Waals surface area (Å²) in [5, 5.41) is 24.3. The number of amides is 1. The molecule has 0 unspecified atom stereocenters. The number of anilines is 1. The molecule has 0 aliphatic carbocycles. The molecule has 25 heavy (non-hydrogen) atoms. The van der Waals surface area contributed by atoms with E-state index < -0.39 is 27.1 Å². The van der Waals surface area contributed by atoms with Gasteiger partial charge in [0.2, 0.25) is 0 Å². The van der Waals surface area contributed by atoms with Crippen LogP contribution < -0.4 is 10.1 Å². The Morgan fingerprint density at radius 3 is 2.56 bits per heavy atom. The van der Waals surface area contributed by atoms with Crippen LogP contribution >= 0.6 is 0 Å². The molecule has 2 aromatic carbocycles. The van der Waals surface area contributed by atoms with Crippen LogP contribution in [0.2, 0.25) is 0 Å². The highest BCUT2D eigenvalue weighted by atomic mass is 16.6. The van der Waals surface area contributed by atoms with E-state index in [4.69, 9.17) is 4.74 Å². The van der Waals surface area contributed by atoms with Crippen molar-refractivity contribution in [2.45, 2.75) is 0 Å². The van der Waals surface area contributed by atoms with Gasteiger partial charge >= 0.3 is 0 Å². The summed E-state index contributed by atoms with van der Waals surface area (Å²) in [7, 11) is 0. The van der Waals surface area contributed by atoms with Crippen LogP contribution in [-0.2, 0) is 0 Å². The molecule has 0 saturated carbocycles. The molecule has 0 aliphatic heterocycles. The minimum absolute atomic E-state index is 0.283. The minimum Gasteiger partial charge on any atom is -0.489 e. The summed E-state index contributed by atoms with van der Waals surface area (Å²) in [6.07, 6.45) is 1.56. The van der Waals surface area contributed by atoms with Crippen LogP contribution in [0.25, 0.3) is 0 Å². The number of carbonyl (C=O) groups is 1. The maximum atomic E-state index is 12.3. The second kappa shape index (κ2) is 7.68. The van der Waals surface area contributed by atoms with Gasteiger partial charge in [0.05, 0.1) is 15.9 Å². The molecule has 9 heteroatoms. The summed E-state index contributed by atoms with van der Waals surface area (Å²) in [5.41, 5.74) is -1.04. The number of hydrogen-bond acceptors (Lipinski definition) is 6. The first-order chi connectivity index (χ1) is 11.9. The van der Waals surface area contributed by atoms with Gasteiger partial charge in [-0.15, -0.1) is 0 Å². The van der Waals surface area contributed by atoms with E-state index in [1.54, 1.807) is 30.3 Å². The fourth-order valence-corrected chi connectivity index (χ4v) is 1.99. The predicted molar refractivity (Wildman–Crippen MR) is 89.8 cm³/mol. The number of nitrogens with zero attached hydrogens (tertiary/aromatic N) is 2. The van der Waals surface area contributed by atoms with E-state index in [0.29, 0.717) is 11.4 Å². The maximum absolute atomic E-state index is 12.3. The molecule has 0 spiro atoms. The lowest BCUT2D eigenvalue weighted by Crippen LogP contribution is -2.14. The van der Waals surface area contributed by atoms with Gasteiger partial charge in [-0.25, -0.2) is 0 Å². The molecule has 0 aliphatic rings. The number of carbonyl (C=O) groups excluding carboxylic acids is 1. The standard InChI is InChI=1S/C16H13N3O6/c1-2-8-25-13-5-3-4-11(9-13)17-16(20)14-7-6-12(18(21)22)10-15(14)19(23)24/h2-7,9-10H,1,8H2,(H,17,20). The molecule has 0 saturated heterocycles. The van der Waals surface area contributed by atoms with E-state index in [9.17, 15) is 25.0 Å². The van der Waals surface area contributed by atoms with Crippen molar-refractivity contribution in [2.24, 2.45) is 0 Å². The van der Waals surface area contributed by atoms with Crippen LogP contribution in [0.4, 0.5) is 17.1 Å². The zero-order valence-corrected chi connectivity index (χ0v) is 12.9. The summed E-state index contributed by atoms with van der Waals surface area (Å²) < 4.78 is 5.33. The van der Waals surface area contributed by atoms with Crippen molar-refractivity contribution in [1.82, 2.24) is 0 Å². The third-order valence-electron chi connectivity index (χ3n) is 3.09. The summed E-state index contributed by atoms with van der Waals surface area (Å²) in [4.78, 5) is 32.5. The van der Waals surface area contributed by atoms with Crippen molar-refractivity contribution in [3.63, 3.8) is 0 Å². The van der Waals surface area contributed by atoms with Crippen molar-refractivity contribution >= 4 is 23.0 Å². The molecule has 0 atom stereocenters. The van der Waals surface area contributed by atoms with Gasteiger partial charge in [-0.1, -0.05) is 18.7 Å².